The Hall–Kier alpha value is -3.90. The summed E-state index contributed by atoms with van der Waals surface area (Å²) in [6, 6.07) is 10.6. The summed E-state index contributed by atoms with van der Waals surface area (Å²) in [7, 11) is 0. The zero-order chi connectivity index (χ0) is 29.8. The van der Waals surface area contributed by atoms with E-state index in [9.17, 15) is 24.0 Å². The van der Waals surface area contributed by atoms with Gasteiger partial charge in [-0.25, -0.2) is 9.78 Å². The lowest BCUT2D eigenvalue weighted by Crippen LogP contribution is -2.41. The molecule has 2 aromatic rings. The molecule has 1 aliphatic rings. The molecule has 0 radical (unpaired) electrons. The first-order valence-corrected chi connectivity index (χ1v) is 15.1. The lowest BCUT2D eigenvalue weighted by atomic mass is 10.1. The first kappa shape index (κ1) is 31.6. The summed E-state index contributed by atoms with van der Waals surface area (Å²) < 4.78 is 5.73. The Bertz CT molecular complexity index is 1350. The normalized spacial score (nSPS) is 19.8. The van der Waals surface area contributed by atoms with Gasteiger partial charge in [0, 0.05) is 17.6 Å². The predicted molar refractivity (Wildman–Crippen MR) is 158 cm³/mol. The van der Waals surface area contributed by atoms with Gasteiger partial charge in [-0.05, 0) is 43.4 Å². The van der Waals surface area contributed by atoms with Gasteiger partial charge in [0.25, 0.3) is 11.8 Å². The van der Waals surface area contributed by atoms with Gasteiger partial charge in [0.2, 0.25) is 5.91 Å². The Labute approximate surface area is 247 Å². The second-order valence-electron chi connectivity index (χ2n) is 8.87. The van der Waals surface area contributed by atoms with E-state index in [2.05, 4.69) is 20.9 Å². The Morgan fingerprint density at radius 3 is 2.56 bits per heavy atom. The molecule has 12 heteroatoms. The highest BCUT2D eigenvalue weighted by Gasteiger charge is 2.29. The van der Waals surface area contributed by atoms with Crippen LogP contribution in [0.5, 0.6) is 0 Å². The van der Waals surface area contributed by atoms with Crippen molar-refractivity contribution in [2.45, 2.75) is 50.3 Å². The molecule has 41 heavy (non-hydrogen) atoms. The summed E-state index contributed by atoms with van der Waals surface area (Å²) in [6.45, 7) is 3.11. The molecular weight excluding hydrogens is 564 g/mol. The minimum Gasteiger partial charge on any atom is -0.456 e. The van der Waals surface area contributed by atoms with Gasteiger partial charge in [-0.15, -0.1) is 11.8 Å². The van der Waals surface area contributed by atoms with Crippen LogP contribution in [-0.4, -0.2) is 51.9 Å². The quantitative estimate of drug-likeness (QED) is 0.150. The molecule has 10 nitrogen and oxygen atoms in total. The van der Waals surface area contributed by atoms with Crippen LogP contribution in [0.2, 0.25) is 0 Å². The maximum Gasteiger partial charge on any atom is 0.333 e. The number of thioether (sulfide) groups is 2. The van der Waals surface area contributed by atoms with Gasteiger partial charge >= 0.3 is 5.97 Å². The first-order chi connectivity index (χ1) is 19.7. The number of hydrogen-bond donors (Lipinski definition) is 3. The molecule has 2 heterocycles. The van der Waals surface area contributed by atoms with Crippen LogP contribution >= 0.6 is 23.5 Å². The van der Waals surface area contributed by atoms with E-state index in [-0.39, 0.29) is 29.5 Å². The third-order valence-corrected chi connectivity index (χ3v) is 7.36. The van der Waals surface area contributed by atoms with Crippen molar-refractivity contribution in [3.05, 3.63) is 83.3 Å². The highest BCUT2D eigenvalue weighted by atomic mass is 32.2. The Morgan fingerprint density at radius 1 is 1.12 bits per heavy atom. The van der Waals surface area contributed by atoms with Crippen molar-refractivity contribution in [3.8, 4) is 0 Å². The lowest BCUT2D eigenvalue weighted by Gasteiger charge is -2.22. The molecule has 216 valence electrons. The number of carbonyl (C=O) groups is 5. The second kappa shape index (κ2) is 15.8. The molecule has 3 amide bonds. The van der Waals surface area contributed by atoms with E-state index in [4.69, 9.17) is 4.74 Å². The van der Waals surface area contributed by atoms with Crippen LogP contribution in [0.25, 0.3) is 0 Å². The van der Waals surface area contributed by atoms with Crippen LogP contribution in [0.4, 0.5) is 0 Å². The number of cyclic esters (lactones) is 1. The number of pyridine rings is 1. The van der Waals surface area contributed by atoms with Crippen LogP contribution < -0.4 is 16.0 Å². The number of esters is 1. The number of allylic oxidation sites excluding steroid dienone is 2. The van der Waals surface area contributed by atoms with E-state index in [1.807, 2.05) is 6.26 Å². The predicted octanol–water partition coefficient (Wildman–Crippen LogP) is 3.45. The fraction of sp³-hybridized carbons (Fsp3) is 0.310. The van der Waals surface area contributed by atoms with Gasteiger partial charge in [0.15, 0.2) is 11.2 Å². The number of rotatable bonds is 6. The Morgan fingerprint density at radius 2 is 1.88 bits per heavy atom. The van der Waals surface area contributed by atoms with Crippen molar-refractivity contribution >= 4 is 52.3 Å². The van der Waals surface area contributed by atoms with Crippen LogP contribution in [0.15, 0.2) is 71.3 Å². The molecular formula is C29H32N4O6S2. The van der Waals surface area contributed by atoms with E-state index >= 15 is 0 Å². The molecule has 3 rings (SSSR count). The molecule has 0 saturated heterocycles. The molecule has 1 aliphatic heterocycles. The largest absolute Gasteiger partial charge is 0.456 e. The van der Waals surface area contributed by atoms with E-state index in [0.717, 1.165) is 4.90 Å². The summed E-state index contributed by atoms with van der Waals surface area (Å²) in [4.78, 5) is 69.0. The smallest absolute Gasteiger partial charge is 0.333 e. The number of hydrogen-bond acceptors (Lipinski definition) is 9. The number of fused-ring (bicyclic) bond motifs is 2. The number of aromatic nitrogens is 1. The van der Waals surface area contributed by atoms with E-state index < -0.39 is 35.8 Å². The minimum atomic E-state index is -1.22. The van der Waals surface area contributed by atoms with E-state index in [1.54, 1.807) is 61.5 Å². The van der Waals surface area contributed by atoms with Crippen molar-refractivity contribution in [3.63, 3.8) is 0 Å². The van der Waals surface area contributed by atoms with Gasteiger partial charge in [0.05, 0.1) is 18.7 Å². The summed E-state index contributed by atoms with van der Waals surface area (Å²) in [5.74, 6) is -1.96. The standard InChI is InChI=1S/C29H32N4O6S2/c1-4-23-27(36)33-26(19-10-6-5-7-11-19)29(38)39-21(12-8-9-13-41-18(2)34)15-25(35)30-17-20-14-22(40-3)16-24(31-20)28(37)32-23/h4-8,10-12,14,16,21,26H,9,13,15,17H2,1-3H3,(H,30,35)(H,32,37)(H,33,36)/b12-8+,23-4-/t21-,26+/m1/s1. The summed E-state index contributed by atoms with van der Waals surface area (Å²) in [5.41, 5.74) is 0.909. The summed E-state index contributed by atoms with van der Waals surface area (Å²) >= 11 is 2.58. The maximum atomic E-state index is 13.4. The third kappa shape index (κ3) is 9.90. The van der Waals surface area contributed by atoms with Gasteiger partial charge in [-0.3, -0.25) is 19.2 Å². The number of benzene rings is 1. The highest BCUT2D eigenvalue weighted by molar-refractivity contribution is 8.13. The molecule has 0 unspecified atom stereocenters. The van der Waals surface area contributed by atoms with Crippen molar-refractivity contribution in [1.82, 2.24) is 20.9 Å². The van der Waals surface area contributed by atoms with Crippen LogP contribution in [0.3, 0.4) is 0 Å². The SMILES string of the molecule is C/C=C1\NC(=O)c2cc(SC)cc(n2)CNC(=O)C[C@@H](/C=C/CCSC(C)=O)OC(=O)[C@H](c2ccccc2)NC1=O. The van der Waals surface area contributed by atoms with Crippen LogP contribution in [0, 0.1) is 0 Å². The van der Waals surface area contributed by atoms with Crippen LogP contribution in [-0.2, 0) is 30.5 Å². The summed E-state index contributed by atoms with van der Waals surface area (Å²) in [5, 5.41) is 7.99. The maximum absolute atomic E-state index is 13.4. The number of ether oxygens (including phenoxy) is 1. The number of nitrogens with one attached hydrogen (secondary N) is 3. The third-order valence-electron chi connectivity index (χ3n) is 5.81. The van der Waals surface area contributed by atoms with Gasteiger partial charge in [-0.1, -0.05) is 54.2 Å². The second-order valence-corrected chi connectivity index (χ2v) is 11.0. The van der Waals surface area contributed by atoms with E-state index in [0.29, 0.717) is 23.4 Å². The molecule has 0 saturated carbocycles. The Balaban J connectivity index is 1.98. The van der Waals surface area contributed by atoms with Gasteiger partial charge in [-0.2, -0.15) is 0 Å². The molecule has 1 aromatic carbocycles. The van der Waals surface area contributed by atoms with Crippen molar-refractivity contribution in [2.24, 2.45) is 0 Å². The topological polar surface area (TPSA) is 144 Å². The number of amides is 3. The molecule has 2 bridgehead atoms. The molecule has 0 spiro atoms. The number of nitrogens with zero attached hydrogens (tertiary/aromatic N) is 1. The monoisotopic (exact) mass is 596 g/mol. The van der Waals surface area contributed by atoms with Gasteiger partial charge in [0.1, 0.15) is 17.5 Å². The zero-order valence-corrected chi connectivity index (χ0v) is 24.6. The number of carbonyl (C=O) groups excluding carboxylic acids is 5. The molecule has 0 fully saturated rings. The molecule has 1 aromatic heterocycles. The highest BCUT2D eigenvalue weighted by Crippen LogP contribution is 2.20. The first-order valence-electron chi connectivity index (χ1n) is 12.9. The van der Waals surface area contributed by atoms with Crippen molar-refractivity contribution < 1.29 is 28.7 Å². The average molecular weight is 597 g/mol. The van der Waals surface area contributed by atoms with Crippen molar-refractivity contribution in [2.75, 3.05) is 12.0 Å². The molecule has 2 atom stereocenters. The fourth-order valence-corrected chi connectivity index (χ4v) is 4.82. The lowest BCUT2D eigenvalue weighted by molar-refractivity contribution is -0.152. The minimum absolute atomic E-state index is 0.00523. The summed E-state index contributed by atoms with van der Waals surface area (Å²) in [6.07, 6.45) is 6.02. The molecule has 0 aliphatic carbocycles. The Kier molecular flexibility index (Phi) is 12.2. The fourth-order valence-electron chi connectivity index (χ4n) is 3.79. The molecule has 3 N–H and O–H groups in total. The van der Waals surface area contributed by atoms with Crippen molar-refractivity contribution in [1.29, 1.82) is 0 Å². The van der Waals surface area contributed by atoms with E-state index in [1.165, 1.54) is 36.5 Å². The zero-order valence-electron chi connectivity index (χ0n) is 23.0. The van der Waals surface area contributed by atoms with Crippen LogP contribution in [0.1, 0.15) is 54.5 Å². The van der Waals surface area contributed by atoms with Gasteiger partial charge < -0.3 is 20.7 Å². The average Bonchev–Trinajstić information content (AvgIpc) is 2.96.